The third-order valence-electron chi connectivity index (χ3n) is 4.33. The van der Waals surface area contributed by atoms with Gasteiger partial charge in [-0.3, -0.25) is 9.59 Å². The lowest BCUT2D eigenvalue weighted by atomic mass is 10.1. The van der Waals surface area contributed by atoms with E-state index in [2.05, 4.69) is 5.32 Å². The van der Waals surface area contributed by atoms with Gasteiger partial charge in [-0.1, -0.05) is 29.3 Å². The number of benzene rings is 3. The summed E-state index contributed by atoms with van der Waals surface area (Å²) in [5.74, 6) is 0.623. The van der Waals surface area contributed by atoms with Crippen molar-refractivity contribution in [2.75, 3.05) is 12.4 Å². The lowest BCUT2D eigenvalue weighted by molar-refractivity contribution is 0.0818. The predicted octanol–water partition coefficient (Wildman–Crippen LogP) is 5.90. The van der Waals surface area contributed by atoms with Crippen LogP contribution < -0.4 is 14.8 Å². The second-order valence-electron chi connectivity index (χ2n) is 6.46. The average molecular weight is 444 g/mol. The van der Waals surface area contributed by atoms with Crippen LogP contribution in [-0.2, 0) is 0 Å². The van der Waals surface area contributed by atoms with Crippen LogP contribution in [0.5, 0.6) is 11.5 Å². The summed E-state index contributed by atoms with van der Waals surface area (Å²) in [6.45, 7) is 1.67. The Morgan fingerprint density at radius 3 is 2.23 bits per heavy atom. The van der Waals surface area contributed by atoms with Gasteiger partial charge >= 0.3 is 0 Å². The maximum atomic E-state index is 12.6. The van der Waals surface area contributed by atoms with Gasteiger partial charge in [-0.05, 0) is 61.5 Å². The number of carbonyl (C=O) groups excluding carboxylic acids is 2. The first kappa shape index (κ1) is 21.7. The molecular formula is C23H19Cl2NO4. The van der Waals surface area contributed by atoms with E-state index in [0.717, 1.165) is 0 Å². The molecule has 1 unspecified atom stereocenters. The molecule has 3 rings (SSSR count). The Balaban J connectivity index is 1.67. The van der Waals surface area contributed by atoms with Crippen molar-refractivity contribution < 1.29 is 19.1 Å². The number of ketones is 1. The van der Waals surface area contributed by atoms with Crippen LogP contribution in [0.1, 0.15) is 27.6 Å². The lowest BCUT2D eigenvalue weighted by Gasteiger charge is -2.15. The van der Waals surface area contributed by atoms with Gasteiger partial charge in [-0.15, -0.1) is 0 Å². The van der Waals surface area contributed by atoms with E-state index in [1.807, 2.05) is 0 Å². The minimum Gasteiger partial charge on any atom is -0.497 e. The Morgan fingerprint density at radius 2 is 1.57 bits per heavy atom. The summed E-state index contributed by atoms with van der Waals surface area (Å²) in [6.07, 6.45) is -0.709. The van der Waals surface area contributed by atoms with Gasteiger partial charge in [0, 0.05) is 22.9 Å². The molecule has 0 aliphatic carbocycles. The van der Waals surface area contributed by atoms with Crippen LogP contribution in [-0.4, -0.2) is 24.9 Å². The molecule has 3 aromatic carbocycles. The van der Waals surface area contributed by atoms with Gasteiger partial charge in [0.05, 0.1) is 17.2 Å². The SMILES string of the molecule is COc1ccc(C(=O)C(C)Oc2cccc(NC(=O)c3ccc(Cl)c(Cl)c3)c2)cc1. The highest BCUT2D eigenvalue weighted by Gasteiger charge is 2.17. The van der Waals surface area contributed by atoms with Crippen LogP contribution in [0.4, 0.5) is 5.69 Å². The Labute approximate surface area is 184 Å². The number of halogens is 2. The molecule has 0 bridgehead atoms. The molecule has 1 amide bonds. The largest absolute Gasteiger partial charge is 0.497 e. The minimum absolute atomic E-state index is 0.164. The van der Waals surface area contributed by atoms with Crippen molar-refractivity contribution in [2.45, 2.75) is 13.0 Å². The van der Waals surface area contributed by atoms with Gasteiger partial charge in [0.25, 0.3) is 5.91 Å². The first-order chi connectivity index (χ1) is 14.4. The van der Waals surface area contributed by atoms with Crippen molar-refractivity contribution in [2.24, 2.45) is 0 Å². The van der Waals surface area contributed by atoms with Crippen molar-refractivity contribution in [1.82, 2.24) is 0 Å². The number of methoxy groups -OCH3 is 1. The number of hydrogen-bond donors (Lipinski definition) is 1. The number of anilines is 1. The molecular weight excluding hydrogens is 425 g/mol. The van der Waals surface area contributed by atoms with Gasteiger partial charge < -0.3 is 14.8 Å². The molecule has 0 radical (unpaired) electrons. The number of hydrogen-bond acceptors (Lipinski definition) is 4. The third kappa shape index (κ3) is 5.32. The zero-order chi connectivity index (χ0) is 21.7. The zero-order valence-corrected chi connectivity index (χ0v) is 17.8. The van der Waals surface area contributed by atoms with E-state index < -0.39 is 6.10 Å². The summed E-state index contributed by atoms with van der Waals surface area (Å²) in [7, 11) is 1.57. The summed E-state index contributed by atoms with van der Waals surface area (Å²) >= 11 is 11.9. The van der Waals surface area contributed by atoms with Crippen LogP contribution in [0.15, 0.2) is 66.7 Å². The molecule has 1 atom stereocenters. The van der Waals surface area contributed by atoms with E-state index in [-0.39, 0.29) is 11.7 Å². The Kier molecular flexibility index (Phi) is 6.98. The Hall–Kier alpha value is -3.02. The molecule has 154 valence electrons. The molecule has 5 nitrogen and oxygen atoms in total. The van der Waals surface area contributed by atoms with Crippen LogP contribution in [0.3, 0.4) is 0 Å². The number of rotatable bonds is 7. The molecule has 3 aromatic rings. The molecule has 0 heterocycles. The summed E-state index contributed by atoms with van der Waals surface area (Å²) in [6, 6.07) is 18.3. The minimum atomic E-state index is -0.709. The van der Waals surface area contributed by atoms with E-state index in [1.54, 1.807) is 74.7 Å². The molecule has 0 saturated heterocycles. The first-order valence-corrected chi connectivity index (χ1v) is 9.84. The maximum Gasteiger partial charge on any atom is 0.255 e. The molecule has 0 aliphatic heterocycles. The number of Topliss-reactive ketones (excluding diaryl/α,β-unsaturated/α-hetero) is 1. The molecule has 0 aromatic heterocycles. The third-order valence-corrected chi connectivity index (χ3v) is 5.07. The van der Waals surface area contributed by atoms with Crippen molar-refractivity contribution in [3.05, 3.63) is 87.9 Å². The quantitative estimate of drug-likeness (QED) is 0.461. The fourth-order valence-electron chi connectivity index (χ4n) is 2.74. The van der Waals surface area contributed by atoms with Gasteiger partial charge in [-0.2, -0.15) is 0 Å². The number of nitrogens with one attached hydrogen (secondary N) is 1. The van der Waals surface area contributed by atoms with Gasteiger partial charge in [0.15, 0.2) is 6.10 Å². The molecule has 0 saturated carbocycles. The highest BCUT2D eigenvalue weighted by atomic mass is 35.5. The molecule has 0 spiro atoms. The average Bonchev–Trinajstić information content (AvgIpc) is 2.75. The van der Waals surface area contributed by atoms with Crippen LogP contribution in [0.25, 0.3) is 0 Å². The molecule has 0 aliphatic rings. The number of ether oxygens (including phenoxy) is 2. The van der Waals surface area contributed by atoms with Crippen molar-refractivity contribution in [3.8, 4) is 11.5 Å². The normalized spacial score (nSPS) is 11.5. The van der Waals surface area contributed by atoms with Crippen molar-refractivity contribution in [3.63, 3.8) is 0 Å². The highest BCUT2D eigenvalue weighted by Crippen LogP contribution is 2.24. The van der Waals surface area contributed by atoms with E-state index in [1.165, 1.54) is 6.07 Å². The topological polar surface area (TPSA) is 64.6 Å². The zero-order valence-electron chi connectivity index (χ0n) is 16.3. The monoisotopic (exact) mass is 443 g/mol. The molecule has 30 heavy (non-hydrogen) atoms. The lowest BCUT2D eigenvalue weighted by Crippen LogP contribution is -2.24. The second kappa shape index (κ2) is 9.65. The molecule has 7 heteroatoms. The number of amides is 1. The molecule has 1 N–H and O–H groups in total. The van der Waals surface area contributed by atoms with Crippen molar-refractivity contribution >= 4 is 40.6 Å². The fraction of sp³-hybridized carbons (Fsp3) is 0.130. The Bertz CT molecular complexity index is 1070. The van der Waals surface area contributed by atoms with Crippen LogP contribution in [0.2, 0.25) is 10.0 Å². The van der Waals surface area contributed by atoms with Gasteiger partial charge in [-0.25, -0.2) is 0 Å². The van der Waals surface area contributed by atoms with Crippen molar-refractivity contribution in [1.29, 1.82) is 0 Å². The summed E-state index contributed by atoms with van der Waals surface area (Å²) in [4.78, 5) is 25.0. The molecule has 0 fully saturated rings. The van der Waals surface area contributed by atoms with Gasteiger partial charge in [0.2, 0.25) is 5.78 Å². The Morgan fingerprint density at radius 1 is 0.867 bits per heavy atom. The van der Waals surface area contributed by atoms with Crippen LogP contribution >= 0.6 is 23.2 Å². The maximum absolute atomic E-state index is 12.6. The number of carbonyl (C=O) groups is 2. The summed E-state index contributed by atoms with van der Waals surface area (Å²) < 4.78 is 10.9. The first-order valence-electron chi connectivity index (χ1n) is 9.09. The van der Waals surface area contributed by atoms with Crippen LogP contribution in [0, 0.1) is 0 Å². The van der Waals surface area contributed by atoms with E-state index in [4.69, 9.17) is 32.7 Å². The van der Waals surface area contributed by atoms with E-state index >= 15 is 0 Å². The van der Waals surface area contributed by atoms with E-state index in [0.29, 0.717) is 38.4 Å². The second-order valence-corrected chi connectivity index (χ2v) is 7.28. The fourth-order valence-corrected chi connectivity index (χ4v) is 3.03. The predicted molar refractivity (Wildman–Crippen MR) is 118 cm³/mol. The smallest absolute Gasteiger partial charge is 0.255 e. The summed E-state index contributed by atoms with van der Waals surface area (Å²) in [5.41, 5.74) is 1.42. The standard InChI is InChI=1S/C23H19Cl2NO4/c1-14(22(27)15-6-9-18(29-2)10-7-15)30-19-5-3-4-17(13-19)26-23(28)16-8-11-20(24)21(25)12-16/h3-14H,1-2H3,(H,26,28). The van der Waals surface area contributed by atoms with Gasteiger partial charge in [0.1, 0.15) is 11.5 Å². The van der Waals surface area contributed by atoms with E-state index in [9.17, 15) is 9.59 Å². The summed E-state index contributed by atoms with van der Waals surface area (Å²) in [5, 5.41) is 3.45. The highest BCUT2D eigenvalue weighted by molar-refractivity contribution is 6.42.